The fourth-order valence-electron chi connectivity index (χ4n) is 4.17. The number of aliphatic hydroxyl groups is 2. The zero-order chi connectivity index (χ0) is 25.2. The summed E-state index contributed by atoms with van der Waals surface area (Å²) in [5.41, 5.74) is 1.17. The van der Waals surface area contributed by atoms with E-state index in [2.05, 4.69) is 20.4 Å². The number of ketones is 1. The van der Waals surface area contributed by atoms with Crippen LogP contribution in [0.15, 0.2) is 49.1 Å². The molecule has 2 aromatic heterocycles. The Labute approximate surface area is 207 Å². The molecule has 35 heavy (non-hydrogen) atoms. The lowest BCUT2D eigenvalue weighted by atomic mass is 10.0. The number of carbonyl (C=O) groups is 1. The van der Waals surface area contributed by atoms with Crippen LogP contribution in [0.25, 0.3) is 0 Å². The van der Waals surface area contributed by atoms with Crippen LogP contribution in [-0.2, 0) is 16.6 Å². The van der Waals surface area contributed by atoms with E-state index in [0.29, 0.717) is 11.6 Å². The summed E-state index contributed by atoms with van der Waals surface area (Å²) in [6.45, 7) is 0.384. The minimum Gasteiger partial charge on any atom is -0.390 e. The Morgan fingerprint density at radius 3 is 2.74 bits per heavy atom. The van der Waals surface area contributed by atoms with E-state index in [1.54, 1.807) is 23.0 Å². The molecule has 1 aliphatic carbocycles. The number of benzene rings is 1. The Morgan fingerprint density at radius 2 is 2.00 bits per heavy atom. The predicted octanol–water partition coefficient (Wildman–Crippen LogP) is 0.807. The van der Waals surface area contributed by atoms with Gasteiger partial charge in [-0.05, 0) is 36.5 Å². The fraction of sp³-hybridized carbons (Fsp3) is 0.364. The van der Waals surface area contributed by atoms with Crippen molar-refractivity contribution in [2.75, 3.05) is 11.1 Å². The van der Waals surface area contributed by atoms with Gasteiger partial charge in [0.1, 0.15) is 23.9 Å². The van der Waals surface area contributed by atoms with Gasteiger partial charge < -0.3 is 15.5 Å². The first-order valence-corrected chi connectivity index (χ1v) is 13.0. The first-order valence-electron chi connectivity index (χ1n) is 10.9. The standard InChI is InChI=1S/C22H25ClN6O5S/c23-16-4-2-1-3-14(16)11-29-7-5-17(28-29)20(31)15-10-25-12-26-22(15)27-18-9-13(19(30)21(18)32)6-8-35(24,33)34/h1-5,7,10,12-13,18-19,21,30,32H,6,8-9,11H2,(H2,24,33,34)(H,25,26,27)/t13-,18+,19+,21-/m0/s1. The summed E-state index contributed by atoms with van der Waals surface area (Å²) in [5.74, 6) is -1.04. The average Bonchev–Trinajstić information content (AvgIpc) is 3.39. The number of nitrogens with zero attached hydrogens (tertiary/aromatic N) is 4. The number of rotatable bonds is 9. The van der Waals surface area contributed by atoms with Crippen molar-refractivity contribution in [1.82, 2.24) is 19.7 Å². The molecule has 3 aromatic rings. The maximum Gasteiger partial charge on any atom is 0.218 e. The van der Waals surface area contributed by atoms with E-state index in [-0.39, 0.29) is 35.7 Å². The van der Waals surface area contributed by atoms with E-state index in [0.717, 1.165) is 5.56 Å². The van der Waals surface area contributed by atoms with Crippen LogP contribution >= 0.6 is 11.6 Å². The number of aromatic nitrogens is 4. The molecule has 5 N–H and O–H groups in total. The molecule has 1 fully saturated rings. The highest BCUT2D eigenvalue weighted by atomic mass is 35.5. The molecule has 0 unspecified atom stereocenters. The third-order valence-electron chi connectivity index (χ3n) is 6.02. The van der Waals surface area contributed by atoms with Gasteiger partial charge in [0.2, 0.25) is 15.8 Å². The second-order valence-corrected chi connectivity index (χ2v) is 10.6. The van der Waals surface area contributed by atoms with Crippen molar-refractivity contribution in [2.45, 2.75) is 37.6 Å². The van der Waals surface area contributed by atoms with Gasteiger partial charge in [-0.1, -0.05) is 29.8 Å². The van der Waals surface area contributed by atoms with Gasteiger partial charge in [0, 0.05) is 17.4 Å². The highest BCUT2D eigenvalue weighted by molar-refractivity contribution is 7.89. The van der Waals surface area contributed by atoms with Gasteiger partial charge in [0.05, 0.1) is 30.0 Å². The molecule has 2 heterocycles. The third kappa shape index (κ3) is 6.03. The normalized spacial score (nSPS) is 22.3. The Bertz CT molecular complexity index is 1320. The molecule has 186 valence electrons. The first-order chi connectivity index (χ1) is 16.6. The minimum absolute atomic E-state index is 0.105. The molecule has 13 heteroatoms. The fourth-order valence-corrected chi connectivity index (χ4v) is 4.99. The van der Waals surface area contributed by atoms with Gasteiger partial charge in [-0.2, -0.15) is 5.10 Å². The number of hydrogen-bond acceptors (Lipinski definition) is 9. The predicted molar refractivity (Wildman–Crippen MR) is 128 cm³/mol. The van der Waals surface area contributed by atoms with Crippen LogP contribution in [0.4, 0.5) is 5.82 Å². The highest BCUT2D eigenvalue weighted by Gasteiger charge is 2.42. The van der Waals surface area contributed by atoms with E-state index in [4.69, 9.17) is 16.7 Å². The van der Waals surface area contributed by atoms with E-state index < -0.39 is 40.0 Å². The van der Waals surface area contributed by atoms with E-state index >= 15 is 0 Å². The van der Waals surface area contributed by atoms with Crippen LogP contribution in [0.2, 0.25) is 5.02 Å². The lowest BCUT2D eigenvalue weighted by Gasteiger charge is -2.19. The molecule has 1 aromatic carbocycles. The smallest absolute Gasteiger partial charge is 0.218 e. The van der Waals surface area contributed by atoms with Gasteiger partial charge in [0.25, 0.3) is 0 Å². The van der Waals surface area contributed by atoms with E-state index in [1.165, 1.54) is 12.5 Å². The van der Waals surface area contributed by atoms with Gasteiger partial charge in [-0.15, -0.1) is 0 Å². The van der Waals surface area contributed by atoms with Crippen molar-refractivity contribution in [1.29, 1.82) is 0 Å². The number of hydrogen-bond donors (Lipinski definition) is 4. The molecule has 0 spiro atoms. The molecule has 1 saturated carbocycles. The molecule has 0 amide bonds. The number of nitrogens with one attached hydrogen (secondary N) is 1. The monoisotopic (exact) mass is 520 g/mol. The van der Waals surface area contributed by atoms with Crippen molar-refractivity contribution in [3.05, 3.63) is 70.9 Å². The molecular weight excluding hydrogens is 496 g/mol. The maximum absolute atomic E-state index is 13.2. The summed E-state index contributed by atoms with van der Waals surface area (Å²) in [6, 6.07) is 8.26. The molecule has 0 radical (unpaired) electrons. The van der Waals surface area contributed by atoms with Gasteiger partial charge in [0.15, 0.2) is 0 Å². The number of anilines is 1. The van der Waals surface area contributed by atoms with Crippen molar-refractivity contribution in [2.24, 2.45) is 11.1 Å². The van der Waals surface area contributed by atoms with E-state index in [9.17, 15) is 23.4 Å². The lowest BCUT2D eigenvalue weighted by molar-refractivity contribution is 0.0168. The Hall–Kier alpha value is -2.90. The Morgan fingerprint density at radius 1 is 1.23 bits per heavy atom. The topological polar surface area (TPSA) is 173 Å². The summed E-state index contributed by atoms with van der Waals surface area (Å²) in [7, 11) is -3.69. The molecular formula is C22H25ClN6O5S. The second kappa shape index (κ2) is 10.4. The van der Waals surface area contributed by atoms with Crippen molar-refractivity contribution < 1.29 is 23.4 Å². The Kier molecular flexibility index (Phi) is 7.47. The van der Waals surface area contributed by atoms with Crippen molar-refractivity contribution in [3.63, 3.8) is 0 Å². The number of primary sulfonamides is 1. The summed E-state index contributed by atoms with van der Waals surface area (Å²) >= 11 is 6.21. The lowest BCUT2D eigenvalue weighted by Crippen LogP contribution is -2.36. The van der Waals surface area contributed by atoms with Crippen LogP contribution in [0.1, 0.15) is 34.5 Å². The molecule has 4 rings (SSSR count). The summed E-state index contributed by atoms with van der Waals surface area (Å²) in [6.07, 6.45) is 2.31. The van der Waals surface area contributed by atoms with Crippen LogP contribution in [-0.4, -0.2) is 68.2 Å². The zero-order valence-corrected chi connectivity index (χ0v) is 20.1. The van der Waals surface area contributed by atoms with Crippen LogP contribution in [0.3, 0.4) is 0 Å². The van der Waals surface area contributed by atoms with Crippen LogP contribution in [0, 0.1) is 5.92 Å². The second-order valence-electron chi connectivity index (χ2n) is 8.49. The molecule has 0 saturated heterocycles. The summed E-state index contributed by atoms with van der Waals surface area (Å²) in [4.78, 5) is 21.3. The highest BCUT2D eigenvalue weighted by Crippen LogP contribution is 2.32. The molecule has 11 nitrogen and oxygen atoms in total. The average molecular weight is 521 g/mol. The molecule has 0 bridgehead atoms. The van der Waals surface area contributed by atoms with Gasteiger partial charge >= 0.3 is 0 Å². The number of carbonyl (C=O) groups excluding carboxylic acids is 1. The van der Waals surface area contributed by atoms with E-state index in [1.807, 2.05) is 18.2 Å². The largest absolute Gasteiger partial charge is 0.390 e. The third-order valence-corrected chi connectivity index (χ3v) is 7.19. The quantitative estimate of drug-likeness (QED) is 0.297. The van der Waals surface area contributed by atoms with Gasteiger partial charge in [-0.3, -0.25) is 9.48 Å². The molecule has 1 aliphatic rings. The van der Waals surface area contributed by atoms with Gasteiger partial charge in [-0.25, -0.2) is 23.5 Å². The molecule has 4 atom stereocenters. The maximum atomic E-state index is 13.2. The van der Waals surface area contributed by atoms with Crippen LogP contribution < -0.4 is 10.5 Å². The minimum atomic E-state index is -3.69. The Balaban J connectivity index is 1.48. The zero-order valence-electron chi connectivity index (χ0n) is 18.5. The number of nitrogens with two attached hydrogens (primary N) is 1. The summed E-state index contributed by atoms with van der Waals surface area (Å²) < 4.78 is 24.1. The molecule has 0 aliphatic heterocycles. The SMILES string of the molecule is NS(=O)(=O)CC[C@H]1C[C@@H](Nc2ncncc2C(=O)c2ccn(Cc3ccccc3Cl)n2)[C@H](O)[C@@H]1O. The number of aliphatic hydroxyl groups excluding tert-OH is 2. The van der Waals surface area contributed by atoms with Crippen LogP contribution in [0.5, 0.6) is 0 Å². The van der Waals surface area contributed by atoms with Crippen molar-refractivity contribution >= 4 is 33.2 Å². The number of halogens is 1. The summed E-state index contributed by atoms with van der Waals surface area (Å²) in [5, 5.41) is 33.8. The first kappa shape index (κ1) is 25.2. The number of sulfonamides is 1. The van der Waals surface area contributed by atoms with Crippen molar-refractivity contribution in [3.8, 4) is 0 Å².